The van der Waals surface area contributed by atoms with Crippen molar-refractivity contribution >= 4 is 35.0 Å². The molecule has 124 valence electrons. The van der Waals surface area contributed by atoms with Crippen molar-refractivity contribution in [3.05, 3.63) is 59.8 Å². The number of amides is 1. The van der Waals surface area contributed by atoms with Crippen LogP contribution in [0.5, 0.6) is 0 Å². The molecule has 3 rings (SSSR count). The lowest BCUT2D eigenvalue weighted by molar-refractivity contribution is -0.115. The van der Waals surface area contributed by atoms with Gasteiger partial charge in [-0.3, -0.25) is 4.79 Å². The van der Waals surface area contributed by atoms with Crippen molar-refractivity contribution in [2.24, 2.45) is 0 Å². The highest BCUT2D eigenvalue weighted by Crippen LogP contribution is 2.25. The van der Waals surface area contributed by atoms with E-state index in [9.17, 15) is 4.79 Å². The molecule has 0 aliphatic carbocycles. The molecule has 0 aliphatic rings. The van der Waals surface area contributed by atoms with E-state index in [0.29, 0.717) is 22.4 Å². The summed E-state index contributed by atoms with van der Waals surface area (Å²) in [4.78, 5) is 12.4. The second-order valence-electron chi connectivity index (χ2n) is 5.05. The van der Waals surface area contributed by atoms with E-state index in [2.05, 4.69) is 15.5 Å². The largest absolute Gasteiger partial charge is 0.467 e. The molecule has 3 aromatic rings. The Labute approximate surface area is 148 Å². The van der Waals surface area contributed by atoms with Crippen LogP contribution >= 0.6 is 23.4 Å². The fraction of sp³-hybridized carbons (Fsp3) is 0.188. The number of carbonyl (C=O) groups excluding carboxylic acids is 1. The van der Waals surface area contributed by atoms with E-state index in [1.165, 1.54) is 11.8 Å². The minimum Gasteiger partial charge on any atom is -0.467 e. The molecule has 0 spiro atoms. The summed E-state index contributed by atoms with van der Waals surface area (Å²) < 4.78 is 7.16. The van der Waals surface area contributed by atoms with E-state index in [4.69, 9.17) is 16.0 Å². The molecule has 1 unspecified atom stereocenters. The molecule has 2 heterocycles. The van der Waals surface area contributed by atoms with Gasteiger partial charge in [-0.1, -0.05) is 35.5 Å². The number of thioether (sulfide) groups is 1. The van der Waals surface area contributed by atoms with E-state index in [1.807, 2.05) is 35.8 Å². The Morgan fingerprint density at radius 2 is 2.21 bits per heavy atom. The second kappa shape index (κ2) is 7.55. The normalized spacial score (nSPS) is 12.1. The third kappa shape index (κ3) is 3.98. The van der Waals surface area contributed by atoms with Crippen molar-refractivity contribution in [2.75, 3.05) is 5.32 Å². The number of hydrogen-bond donors (Lipinski definition) is 1. The van der Waals surface area contributed by atoms with Gasteiger partial charge in [0.2, 0.25) is 5.91 Å². The van der Waals surface area contributed by atoms with Crippen molar-refractivity contribution in [3.63, 3.8) is 0 Å². The lowest BCUT2D eigenvalue weighted by Gasteiger charge is -2.12. The first-order valence-corrected chi connectivity index (χ1v) is 8.51. The van der Waals surface area contributed by atoms with Crippen LogP contribution < -0.4 is 5.32 Å². The number of furan rings is 1. The van der Waals surface area contributed by atoms with Gasteiger partial charge in [-0.25, -0.2) is 0 Å². The van der Waals surface area contributed by atoms with Crippen molar-refractivity contribution in [1.82, 2.24) is 14.8 Å². The number of aromatic nitrogens is 3. The summed E-state index contributed by atoms with van der Waals surface area (Å²) in [5.74, 6) is 0.644. The molecule has 1 N–H and O–H groups in total. The average molecular weight is 363 g/mol. The summed E-state index contributed by atoms with van der Waals surface area (Å²) >= 11 is 7.39. The highest BCUT2D eigenvalue weighted by molar-refractivity contribution is 8.00. The number of nitrogens with zero attached hydrogens (tertiary/aromatic N) is 3. The minimum absolute atomic E-state index is 0.152. The monoisotopic (exact) mass is 362 g/mol. The molecular formula is C16H15ClN4O2S. The second-order valence-corrected chi connectivity index (χ2v) is 6.77. The quantitative estimate of drug-likeness (QED) is 0.677. The third-order valence-electron chi connectivity index (χ3n) is 3.27. The van der Waals surface area contributed by atoms with Crippen molar-refractivity contribution < 1.29 is 9.21 Å². The number of rotatable bonds is 6. The summed E-state index contributed by atoms with van der Waals surface area (Å²) in [5.41, 5.74) is 0.591. The molecule has 24 heavy (non-hydrogen) atoms. The van der Waals surface area contributed by atoms with Crippen LogP contribution in [0.2, 0.25) is 5.02 Å². The Balaban J connectivity index is 1.64. The van der Waals surface area contributed by atoms with E-state index >= 15 is 0 Å². The van der Waals surface area contributed by atoms with Gasteiger partial charge >= 0.3 is 0 Å². The first-order valence-electron chi connectivity index (χ1n) is 7.25. The predicted molar refractivity (Wildman–Crippen MR) is 93.2 cm³/mol. The number of para-hydroxylation sites is 1. The number of benzene rings is 1. The standard InChI is InChI=1S/C16H15ClN4O2S/c1-11(15(22)19-14-7-3-2-6-13(14)17)24-16-20-18-10-21(16)9-12-5-4-8-23-12/h2-8,10-11H,9H2,1H3,(H,19,22). The van der Waals surface area contributed by atoms with Crippen LogP contribution in [-0.2, 0) is 11.3 Å². The Hall–Kier alpha value is -2.25. The highest BCUT2D eigenvalue weighted by Gasteiger charge is 2.19. The number of nitrogens with one attached hydrogen (secondary N) is 1. The Morgan fingerprint density at radius 3 is 2.96 bits per heavy atom. The molecule has 0 bridgehead atoms. The minimum atomic E-state index is -0.360. The maximum Gasteiger partial charge on any atom is 0.237 e. The molecule has 0 aliphatic heterocycles. The zero-order valence-electron chi connectivity index (χ0n) is 12.8. The molecule has 0 fully saturated rings. The Morgan fingerprint density at radius 1 is 1.38 bits per heavy atom. The molecule has 0 radical (unpaired) electrons. The number of carbonyl (C=O) groups is 1. The van der Waals surface area contributed by atoms with Crippen molar-refractivity contribution in [3.8, 4) is 0 Å². The van der Waals surface area contributed by atoms with Gasteiger partial charge in [0.05, 0.1) is 28.8 Å². The van der Waals surface area contributed by atoms with Crippen LogP contribution in [-0.4, -0.2) is 25.9 Å². The third-order valence-corrected chi connectivity index (χ3v) is 4.69. The van der Waals surface area contributed by atoms with Crippen LogP contribution in [0.25, 0.3) is 0 Å². The summed E-state index contributed by atoms with van der Waals surface area (Å²) in [6.45, 7) is 2.32. The fourth-order valence-electron chi connectivity index (χ4n) is 2.02. The number of halogens is 1. The number of hydrogen-bond acceptors (Lipinski definition) is 5. The van der Waals surface area contributed by atoms with Gasteiger partial charge in [-0.15, -0.1) is 10.2 Å². The Bertz CT molecular complexity index is 819. The van der Waals surface area contributed by atoms with Crippen LogP contribution in [0.1, 0.15) is 12.7 Å². The topological polar surface area (TPSA) is 73.0 Å². The maximum absolute atomic E-state index is 12.4. The molecular weight excluding hydrogens is 348 g/mol. The van der Waals surface area contributed by atoms with Gasteiger partial charge in [0.25, 0.3) is 0 Å². The van der Waals surface area contributed by atoms with Gasteiger partial charge in [-0.05, 0) is 31.2 Å². The van der Waals surface area contributed by atoms with Crippen molar-refractivity contribution in [1.29, 1.82) is 0 Å². The highest BCUT2D eigenvalue weighted by atomic mass is 35.5. The fourth-order valence-corrected chi connectivity index (χ4v) is 3.03. The van der Waals surface area contributed by atoms with E-state index in [1.54, 1.807) is 24.7 Å². The lowest BCUT2D eigenvalue weighted by Crippen LogP contribution is -2.23. The Kier molecular flexibility index (Phi) is 5.22. The first kappa shape index (κ1) is 16.6. The zero-order chi connectivity index (χ0) is 16.9. The van der Waals surface area contributed by atoms with Crippen LogP contribution in [0.15, 0.2) is 58.6 Å². The summed E-state index contributed by atoms with van der Waals surface area (Å²) in [5, 5.41) is 11.6. The van der Waals surface area contributed by atoms with Crippen LogP contribution in [0, 0.1) is 0 Å². The van der Waals surface area contributed by atoms with Crippen LogP contribution in [0.3, 0.4) is 0 Å². The smallest absolute Gasteiger partial charge is 0.237 e. The lowest BCUT2D eigenvalue weighted by atomic mass is 10.3. The molecule has 1 aromatic carbocycles. The molecule has 2 aromatic heterocycles. The predicted octanol–water partition coefficient (Wildman–Crippen LogP) is 3.69. The zero-order valence-corrected chi connectivity index (χ0v) is 14.4. The SMILES string of the molecule is CC(Sc1nncn1Cc1ccco1)C(=O)Nc1ccccc1Cl. The number of anilines is 1. The summed E-state index contributed by atoms with van der Waals surface area (Å²) in [7, 11) is 0. The molecule has 1 atom stereocenters. The molecule has 0 saturated carbocycles. The maximum atomic E-state index is 12.4. The first-order chi connectivity index (χ1) is 11.6. The average Bonchev–Trinajstić information content (AvgIpc) is 3.22. The van der Waals surface area contributed by atoms with Gasteiger partial charge in [0.1, 0.15) is 12.1 Å². The van der Waals surface area contributed by atoms with E-state index in [-0.39, 0.29) is 11.2 Å². The van der Waals surface area contributed by atoms with E-state index < -0.39 is 0 Å². The van der Waals surface area contributed by atoms with Gasteiger partial charge in [-0.2, -0.15) is 0 Å². The van der Waals surface area contributed by atoms with Crippen LogP contribution in [0.4, 0.5) is 5.69 Å². The summed E-state index contributed by atoms with van der Waals surface area (Å²) in [6, 6.07) is 10.8. The van der Waals surface area contributed by atoms with E-state index in [0.717, 1.165) is 5.76 Å². The molecule has 8 heteroatoms. The molecule has 6 nitrogen and oxygen atoms in total. The van der Waals surface area contributed by atoms with Gasteiger partial charge in [0.15, 0.2) is 5.16 Å². The van der Waals surface area contributed by atoms with Crippen molar-refractivity contribution in [2.45, 2.75) is 23.9 Å². The van der Waals surface area contributed by atoms with Gasteiger partial charge in [0, 0.05) is 0 Å². The molecule has 0 saturated heterocycles. The van der Waals surface area contributed by atoms with Gasteiger partial charge < -0.3 is 14.3 Å². The summed E-state index contributed by atoms with van der Waals surface area (Å²) in [6.07, 6.45) is 3.23. The molecule has 1 amide bonds.